The minimum atomic E-state index is -3.31. The molecule has 1 unspecified atom stereocenters. The summed E-state index contributed by atoms with van der Waals surface area (Å²) >= 11 is 0. The highest BCUT2D eigenvalue weighted by molar-refractivity contribution is 7.91. The molecule has 1 N–H and O–H groups in total. The van der Waals surface area contributed by atoms with Crippen LogP contribution in [0.3, 0.4) is 0 Å². The second-order valence-corrected chi connectivity index (χ2v) is 11.0. The fraction of sp³-hybridized carbons (Fsp3) is 0.304. The molecule has 0 saturated carbocycles. The highest BCUT2D eigenvalue weighted by Gasteiger charge is 2.23. The highest BCUT2D eigenvalue weighted by atomic mass is 32.2. The summed E-state index contributed by atoms with van der Waals surface area (Å²) in [5, 5.41) is 24.2. The first kappa shape index (κ1) is 24.9. The zero-order valence-electron chi connectivity index (χ0n) is 19.8. The first-order valence-electron chi connectivity index (χ1n) is 10.3. The molecule has 2 heterocycles. The van der Waals surface area contributed by atoms with Crippen LogP contribution in [0, 0.1) is 18.3 Å². The van der Waals surface area contributed by atoms with Crippen LogP contribution in [0.4, 0.5) is 4.79 Å². The molecule has 34 heavy (non-hydrogen) atoms. The molecule has 1 aromatic carbocycles. The molecule has 0 fully saturated rings. The summed E-state index contributed by atoms with van der Waals surface area (Å²) in [6.45, 7) is 6.83. The van der Waals surface area contributed by atoms with Gasteiger partial charge in [-0.1, -0.05) is 12.1 Å². The Morgan fingerprint density at radius 3 is 2.35 bits per heavy atom. The number of ether oxygens (including phenoxy) is 1. The zero-order valence-corrected chi connectivity index (χ0v) is 20.6. The van der Waals surface area contributed by atoms with E-state index < -0.39 is 21.6 Å². The third kappa shape index (κ3) is 5.08. The largest absolute Gasteiger partial charge is 0.493 e. The number of aromatic nitrogens is 3. The number of hydrogen-bond donors (Lipinski definition) is 1. The van der Waals surface area contributed by atoms with Gasteiger partial charge in [-0.05, 0) is 57.5 Å². The van der Waals surface area contributed by atoms with Crippen molar-refractivity contribution in [1.82, 2.24) is 19.1 Å². The number of rotatable bonds is 4. The van der Waals surface area contributed by atoms with Crippen LogP contribution in [0.5, 0.6) is 5.88 Å². The van der Waals surface area contributed by atoms with Gasteiger partial charge in [0.25, 0.3) is 0 Å². The van der Waals surface area contributed by atoms with Crippen LogP contribution in [-0.2, 0) is 14.7 Å². The second kappa shape index (κ2) is 9.24. The number of pyridine rings is 1. The minimum absolute atomic E-state index is 0.130. The van der Waals surface area contributed by atoms with Crippen molar-refractivity contribution in [2.24, 2.45) is 4.36 Å². The molecule has 0 spiro atoms. The Morgan fingerprint density at radius 2 is 1.85 bits per heavy atom. The Balaban J connectivity index is 2.00. The normalized spacial score (nSPS) is 13.2. The van der Waals surface area contributed by atoms with Gasteiger partial charge >= 0.3 is 6.09 Å². The monoisotopic (exact) mass is 482 g/mol. The molecular formula is C23H26N6O4S. The van der Waals surface area contributed by atoms with Crippen molar-refractivity contribution in [3.8, 4) is 28.9 Å². The van der Waals surface area contributed by atoms with Gasteiger partial charge in [0.2, 0.25) is 5.88 Å². The Morgan fingerprint density at radius 1 is 1.21 bits per heavy atom. The smallest absolute Gasteiger partial charge is 0.443 e. The number of hydrogen-bond acceptors (Lipinski definition) is 7. The van der Waals surface area contributed by atoms with E-state index in [-0.39, 0.29) is 16.6 Å². The lowest BCUT2D eigenvalue weighted by molar-refractivity contribution is 0.0606. The van der Waals surface area contributed by atoms with Crippen molar-refractivity contribution in [3.63, 3.8) is 0 Å². The van der Waals surface area contributed by atoms with Gasteiger partial charge in [0.05, 0.1) is 27.8 Å². The summed E-state index contributed by atoms with van der Waals surface area (Å²) in [4.78, 5) is 16.7. The van der Waals surface area contributed by atoms with Crippen molar-refractivity contribution in [2.75, 3.05) is 14.1 Å². The predicted octanol–water partition coefficient (Wildman–Crippen LogP) is 4.06. The van der Waals surface area contributed by atoms with E-state index in [0.29, 0.717) is 22.4 Å². The fourth-order valence-electron chi connectivity index (χ4n) is 3.11. The maximum Gasteiger partial charge on any atom is 0.443 e. The molecule has 3 aromatic rings. The molecule has 10 nitrogen and oxygen atoms in total. The van der Waals surface area contributed by atoms with Crippen LogP contribution in [0.1, 0.15) is 32.0 Å². The minimum Gasteiger partial charge on any atom is -0.493 e. The van der Waals surface area contributed by atoms with E-state index in [1.807, 2.05) is 0 Å². The summed E-state index contributed by atoms with van der Waals surface area (Å²) < 4.78 is 25.1. The molecule has 0 saturated heterocycles. The first-order valence-corrected chi connectivity index (χ1v) is 11.8. The number of benzene rings is 1. The van der Waals surface area contributed by atoms with Gasteiger partial charge in [-0.25, -0.2) is 18.3 Å². The first-order chi connectivity index (χ1) is 15.9. The number of nitrogens with zero attached hydrogens (tertiary/aromatic N) is 6. The van der Waals surface area contributed by atoms with Gasteiger partial charge < -0.3 is 9.84 Å². The quantitative estimate of drug-likeness (QED) is 0.593. The third-order valence-electron chi connectivity index (χ3n) is 4.67. The summed E-state index contributed by atoms with van der Waals surface area (Å²) in [6, 6.07) is 11.9. The van der Waals surface area contributed by atoms with Gasteiger partial charge in [-0.3, -0.25) is 0 Å². The van der Waals surface area contributed by atoms with E-state index in [0.717, 1.165) is 0 Å². The number of aromatic hydroxyl groups is 1. The van der Waals surface area contributed by atoms with Gasteiger partial charge in [0, 0.05) is 20.3 Å². The molecule has 0 aliphatic carbocycles. The number of amides is 1. The summed E-state index contributed by atoms with van der Waals surface area (Å²) in [6.07, 6.45) is 0.381. The number of carbonyl (C=O) groups is 1. The van der Waals surface area contributed by atoms with Crippen molar-refractivity contribution >= 4 is 16.0 Å². The van der Waals surface area contributed by atoms with Crippen LogP contribution < -0.4 is 0 Å². The molecule has 1 atom stereocenters. The van der Waals surface area contributed by atoms with Gasteiger partial charge in [-0.2, -0.15) is 15.0 Å². The number of carbonyl (C=O) groups excluding carboxylic acids is 1. The average Bonchev–Trinajstić information content (AvgIpc) is 3.06. The number of nitriles is 1. The Hall–Kier alpha value is -3.75. The van der Waals surface area contributed by atoms with E-state index in [9.17, 15) is 14.1 Å². The summed E-state index contributed by atoms with van der Waals surface area (Å²) in [5.74, 6) is 0.149. The van der Waals surface area contributed by atoms with Crippen LogP contribution in [-0.4, -0.2) is 54.2 Å². The van der Waals surface area contributed by atoms with E-state index in [2.05, 4.69) is 20.5 Å². The third-order valence-corrected chi connectivity index (χ3v) is 6.91. The van der Waals surface area contributed by atoms with Crippen LogP contribution in [0.15, 0.2) is 51.9 Å². The van der Waals surface area contributed by atoms with Crippen LogP contribution >= 0.6 is 0 Å². The number of aryl methyl sites for hydroxylation is 1. The van der Waals surface area contributed by atoms with Crippen molar-refractivity contribution in [3.05, 3.63) is 53.9 Å². The molecule has 3 rings (SSSR count). The van der Waals surface area contributed by atoms with E-state index in [4.69, 9.17) is 10.00 Å². The zero-order chi connectivity index (χ0) is 25.3. The standard InChI is InChI=1S/C23H26N6O4S/c1-15-20(17-9-7-16(13-24)8-10-17)21(30)29(26-15)19-12-11-18(14-25-19)34(32,28(5)6)27-22(31)33-23(2,3)4/h7-12,14,30H,1-6H3. The Bertz CT molecular complexity index is 1370. The van der Waals surface area contributed by atoms with Crippen molar-refractivity contribution < 1.29 is 18.8 Å². The molecule has 11 heteroatoms. The molecule has 178 valence electrons. The SMILES string of the molecule is Cc1nn(-c2ccc(S(=O)(=NC(=O)OC(C)(C)C)N(C)C)cn2)c(O)c1-c1ccc(C#N)cc1. The Labute approximate surface area is 198 Å². The molecule has 0 aliphatic rings. The lowest BCUT2D eigenvalue weighted by Crippen LogP contribution is -2.27. The highest BCUT2D eigenvalue weighted by Crippen LogP contribution is 2.34. The lowest BCUT2D eigenvalue weighted by Gasteiger charge is -2.20. The second-order valence-electron chi connectivity index (χ2n) is 8.62. The molecule has 0 bridgehead atoms. The molecule has 1 amide bonds. The molecule has 0 aliphatic heterocycles. The van der Waals surface area contributed by atoms with E-state index in [1.54, 1.807) is 52.0 Å². The van der Waals surface area contributed by atoms with Crippen molar-refractivity contribution in [2.45, 2.75) is 38.2 Å². The average molecular weight is 483 g/mol. The maximum absolute atomic E-state index is 13.5. The van der Waals surface area contributed by atoms with Gasteiger partial charge in [-0.15, -0.1) is 4.36 Å². The predicted molar refractivity (Wildman–Crippen MR) is 127 cm³/mol. The molecular weight excluding hydrogens is 456 g/mol. The maximum atomic E-state index is 13.5. The van der Waals surface area contributed by atoms with E-state index >= 15 is 0 Å². The summed E-state index contributed by atoms with van der Waals surface area (Å²) in [7, 11) is -0.238. The fourth-order valence-corrected chi connectivity index (χ4v) is 4.47. The van der Waals surface area contributed by atoms with Crippen molar-refractivity contribution in [1.29, 1.82) is 5.26 Å². The van der Waals surface area contributed by atoms with Crippen LogP contribution in [0.25, 0.3) is 16.9 Å². The molecule has 2 aromatic heterocycles. The van der Waals surface area contributed by atoms with E-state index in [1.165, 1.54) is 41.4 Å². The molecule has 0 radical (unpaired) electrons. The van der Waals surface area contributed by atoms with Gasteiger partial charge in [0.15, 0.2) is 15.7 Å². The Kier molecular flexibility index (Phi) is 6.77. The lowest BCUT2D eigenvalue weighted by atomic mass is 10.0. The van der Waals surface area contributed by atoms with Gasteiger partial charge in [0.1, 0.15) is 5.60 Å². The van der Waals surface area contributed by atoms with Crippen LogP contribution in [0.2, 0.25) is 0 Å². The summed E-state index contributed by atoms with van der Waals surface area (Å²) in [5.41, 5.74) is 1.49. The topological polar surface area (TPSA) is 134 Å².